The third-order valence-electron chi connectivity index (χ3n) is 1.20. The predicted octanol–water partition coefficient (Wildman–Crippen LogP) is 1.25. The molecule has 0 aromatic carbocycles. The Hall–Kier alpha value is -0.900. The zero-order valence-corrected chi connectivity index (χ0v) is 6.84. The van der Waals surface area contributed by atoms with Gasteiger partial charge in [-0.25, -0.2) is 4.98 Å². The number of ether oxygens (including phenoxy) is 1. The predicted molar refractivity (Wildman–Crippen MR) is 42.5 cm³/mol. The summed E-state index contributed by atoms with van der Waals surface area (Å²) in [5.41, 5.74) is 0. The first-order valence-electron chi connectivity index (χ1n) is 3.37. The Kier molecular flexibility index (Phi) is 3.61. The zero-order valence-electron chi connectivity index (χ0n) is 6.03. The number of carbonyl (C=O) groups excluding carboxylic acids is 1. The third-order valence-corrected chi connectivity index (χ3v) is 2.04. The summed E-state index contributed by atoms with van der Waals surface area (Å²) in [7, 11) is 0. The molecule has 0 aliphatic heterocycles. The smallest absolute Gasteiger partial charge is 0.293 e. The lowest BCUT2D eigenvalue weighted by molar-refractivity contribution is -0.128. The van der Waals surface area contributed by atoms with Crippen molar-refractivity contribution in [2.75, 3.05) is 6.61 Å². The van der Waals surface area contributed by atoms with Crippen molar-refractivity contribution in [3.63, 3.8) is 0 Å². The normalized spacial score (nSPS) is 9.45. The number of carbonyl (C=O) groups is 1. The molecule has 1 heterocycles. The SMILES string of the molecule is O=COCCCc1nccs1. The van der Waals surface area contributed by atoms with Crippen molar-refractivity contribution >= 4 is 17.8 Å². The average Bonchev–Trinajstić information content (AvgIpc) is 2.50. The fourth-order valence-corrected chi connectivity index (χ4v) is 1.39. The second kappa shape index (κ2) is 4.85. The molecule has 1 aromatic rings. The van der Waals surface area contributed by atoms with Gasteiger partial charge < -0.3 is 4.74 Å². The fraction of sp³-hybridized carbons (Fsp3) is 0.429. The summed E-state index contributed by atoms with van der Waals surface area (Å²) in [6, 6.07) is 0. The van der Waals surface area contributed by atoms with Crippen LogP contribution in [-0.4, -0.2) is 18.1 Å². The van der Waals surface area contributed by atoms with Gasteiger partial charge >= 0.3 is 0 Å². The maximum absolute atomic E-state index is 9.73. The van der Waals surface area contributed by atoms with Crippen molar-refractivity contribution in [2.45, 2.75) is 12.8 Å². The van der Waals surface area contributed by atoms with E-state index in [2.05, 4.69) is 9.72 Å². The Morgan fingerprint density at radius 3 is 3.27 bits per heavy atom. The molecule has 11 heavy (non-hydrogen) atoms. The molecule has 0 amide bonds. The van der Waals surface area contributed by atoms with E-state index in [-0.39, 0.29) is 0 Å². The molecule has 60 valence electrons. The van der Waals surface area contributed by atoms with E-state index in [9.17, 15) is 4.79 Å². The number of rotatable bonds is 5. The first kappa shape index (κ1) is 8.20. The third kappa shape index (κ3) is 3.13. The highest BCUT2D eigenvalue weighted by atomic mass is 32.1. The number of nitrogens with zero attached hydrogens (tertiary/aromatic N) is 1. The summed E-state index contributed by atoms with van der Waals surface area (Å²) in [5.74, 6) is 0. The molecule has 0 spiro atoms. The summed E-state index contributed by atoms with van der Waals surface area (Å²) in [5, 5.41) is 3.04. The van der Waals surface area contributed by atoms with E-state index >= 15 is 0 Å². The first-order valence-corrected chi connectivity index (χ1v) is 4.25. The second-order valence-electron chi connectivity index (χ2n) is 2.00. The maximum Gasteiger partial charge on any atom is 0.293 e. The van der Waals surface area contributed by atoms with Crippen LogP contribution in [0.3, 0.4) is 0 Å². The first-order chi connectivity index (χ1) is 5.43. The van der Waals surface area contributed by atoms with Crippen molar-refractivity contribution in [3.05, 3.63) is 16.6 Å². The highest BCUT2D eigenvalue weighted by Gasteiger charge is 1.94. The Balaban J connectivity index is 2.09. The summed E-state index contributed by atoms with van der Waals surface area (Å²) in [6.45, 7) is 0.963. The summed E-state index contributed by atoms with van der Waals surface area (Å²) in [4.78, 5) is 13.8. The molecule has 3 nitrogen and oxygen atoms in total. The average molecular weight is 171 g/mol. The number of hydrogen-bond donors (Lipinski definition) is 0. The van der Waals surface area contributed by atoms with Crippen LogP contribution in [-0.2, 0) is 16.0 Å². The number of aryl methyl sites for hydroxylation is 1. The molecule has 0 radical (unpaired) electrons. The van der Waals surface area contributed by atoms with Crippen LogP contribution in [0.5, 0.6) is 0 Å². The topological polar surface area (TPSA) is 39.2 Å². The monoisotopic (exact) mass is 171 g/mol. The molecular weight excluding hydrogens is 162 g/mol. The van der Waals surface area contributed by atoms with E-state index in [4.69, 9.17) is 0 Å². The van der Waals surface area contributed by atoms with Crippen LogP contribution >= 0.6 is 11.3 Å². The molecule has 0 bridgehead atoms. The molecule has 0 fully saturated rings. The van der Waals surface area contributed by atoms with Gasteiger partial charge in [0.1, 0.15) is 0 Å². The molecule has 0 N–H and O–H groups in total. The summed E-state index contributed by atoms with van der Waals surface area (Å²) < 4.78 is 4.53. The molecule has 0 aliphatic rings. The molecule has 0 atom stereocenters. The maximum atomic E-state index is 9.73. The van der Waals surface area contributed by atoms with Crippen molar-refractivity contribution < 1.29 is 9.53 Å². The molecule has 0 saturated carbocycles. The van der Waals surface area contributed by atoms with Crippen LogP contribution in [0, 0.1) is 0 Å². The highest BCUT2D eigenvalue weighted by Crippen LogP contribution is 2.06. The second-order valence-corrected chi connectivity index (χ2v) is 2.98. The van der Waals surface area contributed by atoms with Crippen LogP contribution in [0.25, 0.3) is 0 Å². The Labute approximate surface area is 69.0 Å². The summed E-state index contributed by atoms with van der Waals surface area (Å²) >= 11 is 1.63. The van der Waals surface area contributed by atoms with Gasteiger partial charge in [0.05, 0.1) is 11.6 Å². The quantitative estimate of drug-likeness (QED) is 0.494. The molecule has 4 heteroatoms. The lowest BCUT2D eigenvalue weighted by Gasteiger charge is -1.94. The molecule has 1 aromatic heterocycles. The minimum Gasteiger partial charge on any atom is -0.468 e. The van der Waals surface area contributed by atoms with Crippen LogP contribution in [0.1, 0.15) is 11.4 Å². The fourth-order valence-electron chi connectivity index (χ4n) is 0.731. The lowest BCUT2D eigenvalue weighted by Crippen LogP contribution is -1.93. The van der Waals surface area contributed by atoms with Crippen LogP contribution in [0.4, 0.5) is 0 Å². The number of thiazole rings is 1. The molecule has 0 saturated heterocycles. The molecule has 1 rings (SSSR count). The Morgan fingerprint density at radius 1 is 1.73 bits per heavy atom. The molecule has 0 aliphatic carbocycles. The van der Waals surface area contributed by atoms with Crippen molar-refractivity contribution in [1.29, 1.82) is 0 Å². The molecular formula is C7H9NO2S. The Morgan fingerprint density at radius 2 is 2.64 bits per heavy atom. The van der Waals surface area contributed by atoms with E-state index in [0.717, 1.165) is 17.8 Å². The number of hydrogen-bond acceptors (Lipinski definition) is 4. The van der Waals surface area contributed by atoms with E-state index in [1.165, 1.54) is 0 Å². The van der Waals surface area contributed by atoms with Gasteiger partial charge in [-0.15, -0.1) is 11.3 Å². The van der Waals surface area contributed by atoms with Gasteiger partial charge in [0.2, 0.25) is 0 Å². The van der Waals surface area contributed by atoms with Crippen LogP contribution in [0.15, 0.2) is 11.6 Å². The van der Waals surface area contributed by atoms with Crippen LogP contribution < -0.4 is 0 Å². The minimum atomic E-state index is 0.474. The van der Waals surface area contributed by atoms with E-state index in [1.54, 1.807) is 17.5 Å². The van der Waals surface area contributed by atoms with Crippen molar-refractivity contribution in [3.8, 4) is 0 Å². The van der Waals surface area contributed by atoms with Gasteiger partial charge in [-0.3, -0.25) is 4.79 Å². The van der Waals surface area contributed by atoms with Crippen molar-refractivity contribution in [2.24, 2.45) is 0 Å². The van der Waals surface area contributed by atoms with Gasteiger partial charge in [0, 0.05) is 18.0 Å². The minimum absolute atomic E-state index is 0.474. The van der Waals surface area contributed by atoms with Crippen LogP contribution in [0.2, 0.25) is 0 Å². The standard InChI is InChI=1S/C7H9NO2S/c9-6-10-4-1-2-7-8-3-5-11-7/h3,5-6H,1-2,4H2. The van der Waals surface area contributed by atoms with E-state index < -0.39 is 0 Å². The summed E-state index contributed by atoms with van der Waals surface area (Å²) in [6.07, 6.45) is 3.53. The zero-order chi connectivity index (χ0) is 7.94. The van der Waals surface area contributed by atoms with E-state index in [0.29, 0.717) is 13.1 Å². The molecule has 0 unspecified atom stereocenters. The van der Waals surface area contributed by atoms with Gasteiger partial charge in [-0.05, 0) is 6.42 Å². The largest absolute Gasteiger partial charge is 0.468 e. The number of aromatic nitrogens is 1. The highest BCUT2D eigenvalue weighted by molar-refractivity contribution is 7.09. The van der Waals surface area contributed by atoms with Gasteiger partial charge in [0.15, 0.2) is 0 Å². The lowest BCUT2D eigenvalue weighted by atomic mass is 10.3. The Bertz CT molecular complexity index is 198. The van der Waals surface area contributed by atoms with Gasteiger partial charge in [-0.2, -0.15) is 0 Å². The van der Waals surface area contributed by atoms with Crippen molar-refractivity contribution in [1.82, 2.24) is 4.98 Å². The van der Waals surface area contributed by atoms with E-state index in [1.807, 2.05) is 5.38 Å². The van der Waals surface area contributed by atoms with Gasteiger partial charge in [-0.1, -0.05) is 0 Å². The van der Waals surface area contributed by atoms with Gasteiger partial charge in [0.25, 0.3) is 6.47 Å².